The molecule has 0 aromatic rings. The number of ether oxygens (including phenoxy) is 1. The average molecular weight is 268 g/mol. The summed E-state index contributed by atoms with van der Waals surface area (Å²) in [6.45, 7) is -0.409. The number of rotatable bonds is 7. The second-order valence-corrected chi connectivity index (χ2v) is 4.27. The molecule has 19 heavy (non-hydrogen) atoms. The molecule has 1 saturated carbocycles. The van der Waals surface area contributed by atoms with Gasteiger partial charge in [-0.2, -0.15) is 0 Å². The van der Waals surface area contributed by atoms with E-state index >= 15 is 0 Å². The largest absolute Gasteiger partial charge is 0.480 e. The molecule has 0 radical (unpaired) electrons. The van der Waals surface area contributed by atoms with Gasteiger partial charge in [0, 0.05) is 6.54 Å². The van der Waals surface area contributed by atoms with E-state index in [4.69, 9.17) is 11.5 Å². The lowest BCUT2D eigenvalue weighted by Gasteiger charge is -2.19. The number of carbonyl (C=O) groups is 3. The number of nitrogens with one attached hydrogen (secondary N) is 1. The fourth-order valence-corrected chi connectivity index (χ4v) is 1.41. The van der Waals surface area contributed by atoms with Crippen molar-refractivity contribution in [2.75, 3.05) is 26.3 Å². The third kappa shape index (κ3) is 6.43. The molecule has 3 amide bonds. The van der Waals surface area contributed by atoms with Gasteiger partial charge in [0.1, 0.15) is 13.2 Å². The first-order chi connectivity index (χ1) is 9.02. The maximum absolute atomic E-state index is 11.7. The van der Waals surface area contributed by atoms with Crippen LogP contribution in [0.5, 0.6) is 0 Å². The molecule has 0 saturated heterocycles. The number of carboxylic acid groups (broad SMARTS) is 1. The zero-order valence-corrected chi connectivity index (χ0v) is 10.4. The predicted octanol–water partition coefficient (Wildman–Crippen LogP) is -0.331. The Hall–Kier alpha value is -2.07. The molecule has 7 heteroatoms. The molecule has 1 aliphatic rings. The first-order valence-corrected chi connectivity index (χ1v) is 5.84. The quantitative estimate of drug-likeness (QED) is 0.616. The van der Waals surface area contributed by atoms with Crippen molar-refractivity contribution in [2.24, 2.45) is 5.92 Å². The zero-order chi connectivity index (χ0) is 14.3. The van der Waals surface area contributed by atoms with Crippen LogP contribution in [0, 0.1) is 18.3 Å². The number of hydrogen-bond donors (Lipinski definition) is 2. The van der Waals surface area contributed by atoms with Gasteiger partial charge in [-0.1, -0.05) is 5.92 Å². The molecule has 1 fully saturated rings. The number of imide groups is 1. The van der Waals surface area contributed by atoms with E-state index in [0.717, 1.165) is 12.8 Å². The first-order valence-electron chi connectivity index (χ1n) is 5.84. The summed E-state index contributed by atoms with van der Waals surface area (Å²) in [7, 11) is 0. The Balaban J connectivity index is 2.31. The van der Waals surface area contributed by atoms with Gasteiger partial charge in [-0.3, -0.25) is 10.1 Å². The molecule has 0 atom stereocenters. The van der Waals surface area contributed by atoms with E-state index in [9.17, 15) is 14.4 Å². The maximum Gasteiger partial charge on any atom is 0.329 e. The highest BCUT2D eigenvalue weighted by atomic mass is 16.5. The van der Waals surface area contributed by atoms with Crippen molar-refractivity contribution in [3.63, 3.8) is 0 Å². The molecule has 1 rings (SSSR count). The fourth-order valence-electron chi connectivity index (χ4n) is 1.41. The van der Waals surface area contributed by atoms with Gasteiger partial charge in [0.15, 0.2) is 0 Å². The standard InChI is InChI=1S/C12H16N2O5/c1-2-5-14(6-9-3-4-9)12(18)13-10(15)7-19-8-11(16)17/h1,9H,3-8H2,(H,16,17)(H,13,15,18). The zero-order valence-electron chi connectivity index (χ0n) is 10.4. The lowest BCUT2D eigenvalue weighted by Crippen LogP contribution is -2.45. The Labute approximate surface area is 110 Å². The van der Waals surface area contributed by atoms with Gasteiger partial charge >= 0.3 is 12.0 Å². The van der Waals surface area contributed by atoms with Crippen molar-refractivity contribution in [3.05, 3.63) is 0 Å². The third-order valence-electron chi connectivity index (χ3n) is 2.45. The Morgan fingerprint density at radius 3 is 2.58 bits per heavy atom. The van der Waals surface area contributed by atoms with Crippen LogP contribution in [0.15, 0.2) is 0 Å². The smallest absolute Gasteiger partial charge is 0.329 e. The average Bonchev–Trinajstić information content (AvgIpc) is 3.11. The van der Waals surface area contributed by atoms with E-state index in [1.165, 1.54) is 4.90 Å². The predicted molar refractivity (Wildman–Crippen MR) is 65.1 cm³/mol. The molecule has 0 aromatic carbocycles. The van der Waals surface area contributed by atoms with Gasteiger partial charge in [-0.05, 0) is 18.8 Å². The topological polar surface area (TPSA) is 95.9 Å². The molecule has 0 aromatic heterocycles. The maximum atomic E-state index is 11.7. The van der Waals surface area contributed by atoms with Crippen LogP contribution >= 0.6 is 0 Å². The monoisotopic (exact) mass is 268 g/mol. The molecule has 0 bridgehead atoms. The van der Waals surface area contributed by atoms with E-state index in [2.05, 4.69) is 16.0 Å². The second kappa shape index (κ2) is 7.38. The summed E-state index contributed by atoms with van der Waals surface area (Å²) in [6, 6.07) is -0.575. The fraction of sp³-hybridized carbons (Fsp3) is 0.583. The van der Waals surface area contributed by atoms with E-state index < -0.39 is 31.1 Å². The number of hydrogen-bond acceptors (Lipinski definition) is 4. The van der Waals surface area contributed by atoms with Crippen molar-refractivity contribution in [1.29, 1.82) is 0 Å². The number of amides is 3. The molecule has 0 spiro atoms. The van der Waals surface area contributed by atoms with E-state index in [0.29, 0.717) is 12.5 Å². The summed E-state index contributed by atoms with van der Waals surface area (Å²) in [5.41, 5.74) is 0. The highest BCUT2D eigenvalue weighted by Crippen LogP contribution is 2.29. The van der Waals surface area contributed by atoms with Crippen LogP contribution in [0.4, 0.5) is 4.79 Å². The summed E-state index contributed by atoms with van der Waals surface area (Å²) in [6.07, 6.45) is 7.28. The molecule has 7 nitrogen and oxygen atoms in total. The number of aliphatic carboxylic acids is 1. The van der Waals surface area contributed by atoms with Gasteiger partial charge in [-0.25, -0.2) is 9.59 Å². The number of nitrogens with zero attached hydrogens (tertiary/aromatic N) is 1. The highest BCUT2D eigenvalue weighted by molar-refractivity contribution is 5.95. The van der Waals surface area contributed by atoms with Gasteiger partial charge in [-0.15, -0.1) is 6.42 Å². The Kier molecular flexibility index (Phi) is 5.82. The number of carboxylic acids is 1. The minimum Gasteiger partial charge on any atom is -0.480 e. The van der Waals surface area contributed by atoms with Crippen molar-refractivity contribution >= 4 is 17.9 Å². The minimum atomic E-state index is -1.18. The molecule has 0 heterocycles. The Morgan fingerprint density at radius 1 is 1.37 bits per heavy atom. The van der Waals surface area contributed by atoms with Crippen molar-refractivity contribution in [3.8, 4) is 12.3 Å². The van der Waals surface area contributed by atoms with Crippen LogP contribution in [0.3, 0.4) is 0 Å². The number of urea groups is 1. The van der Waals surface area contributed by atoms with Crippen LogP contribution in [0.1, 0.15) is 12.8 Å². The lowest BCUT2D eigenvalue weighted by atomic mass is 10.4. The molecular weight excluding hydrogens is 252 g/mol. The summed E-state index contributed by atoms with van der Waals surface area (Å²) in [4.78, 5) is 34.6. The van der Waals surface area contributed by atoms with Crippen LogP contribution in [0.25, 0.3) is 0 Å². The molecule has 2 N–H and O–H groups in total. The Bertz CT molecular complexity index is 397. The summed E-state index contributed by atoms with van der Waals surface area (Å²) in [5.74, 6) is 0.944. The van der Waals surface area contributed by atoms with E-state index in [1.807, 2.05) is 0 Å². The lowest BCUT2D eigenvalue weighted by molar-refractivity contribution is -0.143. The van der Waals surface area contributed by atoms with Crippen LogP contribution in [-0.4, -0.2) is 54.2 Å². The SMILES string of the molecule is C#CCN(CC1CC1)C(=O)NC(=O)COCC(=O)O. The normalized spacial score (nSPS) is 13.4. The summed E-state index contributed by atoms with van der Waals surface area (Å²) < 4.78 is 4.57. The van der Waals surface area contributed by atoms with Crippen LogP contribution in [0.2, 0.25) is 0 Å². The number of carbonyl (C=O) groups excluding carboxylic acids is 2. The van der Waals surface area contributed by atoms with Gasteiger partial charge in [0.2, 0.25) is 0 Å². The van der Waals surface area contributed by atoms with Crippen molar-refractivity contribution < 1.29 is 24.2 Å². The van der Waals surface area contributed by atoms with Gasteiger partial charge in [0.05, 0.1) is 6.54 Å². The highest BCUT2D eigenvalue weighted by Gasteiger charge is 2.27. The van der Waals surface area contributed by atoms with Crippen LogP contribution < -0.4 is 5.32 Å². The third-order valence-corrected chi connectivity index (χ3v) is 2.45. The van der Waals surface area contributed by atoms with E-state index in [1.54, 1.807) is 0 Å². The first kappa shape index (κ1) is 15.0. The second-order valence-electron chi connectivity index (χ2n) is 4.27. The minimum absolute atomic E-state index is 0.131. The van der Waals surface area contributed by atoms with Crippen LogP contribution in [-0.2, 0) is 14.3 Å². The summed E-state index contributed by atoms with van der Waals surface area (Å²) >= 11 is 0. The van der Waals surface area contributed by atoms with Crippen molar-refractivity contribution in [2.45, 2.75) is 12.8 Å². The molecule has 0 unspecified atom stereocenters. The van der Waals surface area contributed by atoms with Gasteiger partial charge in [0.25, 0.3) is 5.91 Å². The molecule has 1 aliphatic carbocycles. The van der Waals surface area contributed by atoms with Crippen molar-refractivity contribution in [1.82, 2.24) is 10.2 Å². The molecular formula is C12H16N2O5. The van der Waals surface area contributed by atoms with Gasteiger partial charge < -0.3 is 14.7 Å². The molecule has 0 aliphatic heterocycles. The van der Waals surface area contributed by atoms with E-state index in [-0.39, 0.29) is 6.54 Å². The molecule has 104 valence electrons. The number of terminal acetylenes is 1. The Morgan fingerprint density at radius 2 is 2.05 bits per heavy atom. The summed E-state index contributed by atoms with van der Waals surface area (Å²) in [5, 5.41) is 10.4.